The maximum absolute atomic E-state index is 13.6. The van der Waals surface area contributed by atoms with E-state index in [1.807, 2.05) is 0 Å². The van der Waals surface area contributed by atoms with Gasteiger partial charge in [-0.15, -0.1) is 0 Å². The van der Waals surface area contributed by atoms with Gasteiger partial charge in [-0.2, -0.15) is 0 Å². The molecule has 4 aromatic rings. The molecule has 210 valence electrons. The van der Waals surface area contributed by atoms with Crippen LogP contribution in [0.4, 0.5) is 0 Å². The van der Waals surface area contributed by atoms with E-state index >= 15 is 0 Å². The molecule has 2 aliphatic rings. The number of hydrogen-bond acceptors (Lipinski definition) is 8. The van der Waals surface area contributed by atoms with Gasteiger partial charge in [-0.25, -0.2) is 0 Å². The highest BCUT2D eigenvalue weighted by Crippen LogP contribution is 2.34. The minimum Gasteiger partial charge on any atom is -0.293 e. The molecule has 0 atom stereocenters. The number of benzene rings is 4. The Balaban J connectivity index is 1.20. The van der Waals surface area contributed by atoms with Crippen LogP contribution in [0, 0.1) is 5.92 Å². The lowest BCUT2D eigenvalue weighted by atomic mass is 9.85. The Bertz CT molecular complexity index is 1580. The molecule has 0 radical (unpaired) electrons. The summed E-state index contributed by atoms with van der Waals surface area (Å²) in [4.78, 5) is 73.4. The lowest BCUT2D eigenvalue weighted by Gasteiger charge is -2.16. The van der Waals surface area contributed by atoms with Crippen LogP contribution in [0.3, 0.4) is 0 Å². The van der Waals surface area contributed by atoms with E-state index in [0.29, 0.717) is 69.2 Å². The topological polar surface area (TPSA) is 105 Å². The van der Waals surface area contributed by atoms with Crippen molar-refractivity contribution >= 4 is 23.1 Å². The van der Waals surface area contributed by atoms with E-state index in [-0.39, 0.29) is 23.1 Å². The predicted molar refractivity (Wildman–Crippen MR) is 151 cm³/mol. The molecule has 0 saturated carbocycles. The Morgan fingerprint density at radius 1 is 0.548 bits per heavy atom. The zero-order valence-corrected chi connectivity index (χ0v) is 22.8. The molecule has 0 unspecified atom stereocenters. The monoisotopic (exact) mass is 562 g/mol. The molecule has 0 saturated heterocycles. The summed E-state index contributed by atoms with van der Waals surface area (Å²) in [6, 6.07) is 22.4. The molecule has 8 nitrogen and oxygen atoms in total. The summed E-state index contributed by atoms with van der Waals surface area (Å²) < 4.78 is 0. The van der Waals surface area contributed by atoms with Crippen molar-refractivity contribution < 1.29 is 38.7 Å². The lowest BCUT2D eigenvalue weighted by molar-refractivity contribution is -0.0849. The molecule has 6 rings (SSSR count). The van der Waals surface area contributed by atoms with Gasteiger partial charge in [0.25, 0.3) is 0 Å². The zero-order valence-electron chi connectivity index (χ0n) is 22.8. The van der Waals surface area contributed by atoms with E-state index in [4.69, 9.17) is 19.6 Å². The van der Waals surface area contributed by atoms with E-state index in [1.54, 1.807) is 84.9 Å². The summed E-state index contributed by atoms with van der Waals surface area (Å²) in [6.07, 6.45) is 2.94. The molecule has 8 heteroatoms. The van der Waals surface area contributed by atoms with Gasteiger partial charge in [-0.05, 0) is 30.7 Å². The number of hydrogen-bond donors (Lipinski definition) is 0. The Labute approximate surface area is 241 Å². The van der Waals surface area contributed by atoms with Crippen LogP contribution in [0.15, 0.2) is 84.9 Å². The molecule has 4 bridgehead atoms. The normalized spacial score (nSPS) is 12.2. The van der Waals surface area contributed by atoms with Crippen LogP contribution in [0.1, 0.15) is 85.2 Å². The standard InChI is InChI=1S/C34H26O8/c1-2-3-4-5-28(33(37)22-10-6-20(7-11-22)31(35)26-16-14-24-18-29(26)41-39-24)34(38)23-12-8-21(9-13-23)32(36)27-17-15-25-19-30(27)42-40-25/h6-19,28H,2-5H2,1H3. The van der Waals surface area contributed by atoms with E-state index in [1.165, 1.54) is 0 Å². The molecule has 42 heavy (non-hydrogen) atoms. The number of fused-ring (bicyclic) bond motifs is 4. The van der Waals surface area contributed by atoms with Crippen molar-refractivity contribution in [1.29, 1.82) is 0 Å². The van der Waals surface area contributed by atoms with E-state index in [2.05, 4.69) is 6.92 Å². The third-order valence-corrected chi connectivity index (χ3v) is 7.44. The maximum Gasteiger partial charge on any atom is 0.196 e. The second kappa shape index (κ2) is 11.3. The first-order chi connectivity index (χ1) is 20.4. The van der Waals surface area contributed by atoms with Crippen molar-refractivity contribution in [3.8, 4) is 23.0 Å². The predicted octanol–water partition coefficient (Wildman–Crippen LogP) is 6.78. The summed E-state index contributed by atoms with van der Waals surface area (Å²) in [6.45, 7) is 2.05. The molecule has 2 heterocycles. The fraction of sp³-hybridized carbons (Fsp3) is 0.176. The van der Waals surface area contributed by atoms with Gasteiger partial charge in [0.05, 0.1) is 17.0 Å². The van der Waals surface area contributed by atoms with Crippen molar-refractivity contribution in [3.63, 3.8) is 0 Å². The molecule has 0 spiro atoms. The summed E-state index contributed by atoms with van der Waals surface area (Å²) in [7, 11) is 0. The molecule has 4 aromatic carbocycles. The number of carbonyl (C=O) groups is 4. The molecule has 0 fully saturated rings. The maximum atomic E-state index is 13.6. The molecule has 0 N–H and O–H groups in total. The Kier molecular flexibility index (Phi) is 7.27. The van der Waals surface area contributed by atoms with Crippen molar-refractivity contribution in [2.45, 2.75) is 32.6 Å². The van der Waals surface area contributed by atoms with Gasteiger partial charge < -0.3 is 0 Å². The second-order valence-electron chi connectivity index (χ2n) is 10.2. The summed E-state index contributed by atoms with van der Waals surface area (Å²) in [5, 5.41) is 0. The number of rotatable bonds is 12. The minimum absolute atomic E-state index is 0.268. The van der Waals surface area contributed by atoms with Crippen LogP contribution in [0.2, 0.25) is 0 Å². The van der Waals surface area contributed by atoms with Crippen LogP contribution in [-0.2, 0) is 0 Å². The lowest BCUT2D eigenvalue weighted by Crippen LogP contribution is -2.25. The highest BCUT2D eigenvalue weighted by Gasteiger charge is 2.29. The Morgan fingerprint density at radius 2 is 0.976 bits per heavy atom. The molecule has 0 amide bonds. The first kappa shape index (κ1) is 27.0. The van der Waals surface area contributed by atoms with Crippen LogP contribution in [0.5, 0.6) is 23.0 Å². The third-order valence-electron chi connectivity index (χ3n) is 7.44. The van der Waals surface area contributed by atoms with E-state index in [0.717, 1.165) is 12.8 Å². The van der Waals surface area contributed by atoms with Gasteiger partial charge in [0, 0.05) is 34.4 Å². The highest BCUT2D eigenvalue weighted by molar-refractivity contribution is 6.17. The molecular weight excluding hydrogens is 536 g/mol. The van der Waals surface area contributed by atoms with Gasteiger partial charge in [-0.3, -0.25) is 38.7 Å². The third kappa shape index (κ3) is 5.14. The van der Waals surface area contributed by atoms with Gasteiger partial charge in [-0.1, -0.05) is 74.7 Å². The van der Waals surface area contributed by atoms with Gasteiger partial charge in [0.2, 0.25) is 0 Å². The largest absolute Gasteiger partial charge is 0.293 e. The van der Waals surface area contributed by atoms with Crippen LogP contribution in [-0.4, -0.2) is 23.1 Å². The molecular formula is C34H26O8. The van der Waals surface area contributed by atoms with Crippen LogP contribution < -0.4 is 19.6 Å². The summed E-state index contributed by atoms with van der Waals surface area (Å²) in [5.41, 5.74) is 2.15. The number of unbranched alkanes of at least 4 members (excludes halogenated alkanes) is 2. The first-order valence-electron chi connectivity index (χ1n) is 13.8. The van der Waals surface area contributed by atoms with E-state index < -0.39 is 5.92 Å². The smallest absolute Gasteiger partial charge is 0.196 e. The average molecular weight is 563 g/mol. The number of carbonyl (C=O) groups excluding carboxylic acids is 4. The molecule has 0 aliphatic carbocycles. The molecule has 2 aliphatic heterocycles. The van der Waals surface area contributed by atoms with Gasteiger partial charge >= 0.3 is 0 Å². The van der Waals surface area contributed by atoms with Crippen molar-refractivity contribution in [3.05, 3.63) is 118 Å². The average Bonchev–Trinajstić information content (AvgIpc) is 3.60. The zero-order chi connectivity index (χ0) is 29.2. The van der Waals surface area contributed by atoms with Crippen molar-refractivity contribution in [2.75, 3.05) is 0 Å². The van der Waals surface area contributed by atoms with Crippen molar-refractivity contribution in [1.82, 2.24) is 0 Å². The van der Waals surface area contributed by atoms with Crippen LogP contribution >= 0.6 is 0 Å². The highest BCUT2D eigenvalue weighted by atomic mass is 17.2. The van der Waals surface area contributed by atoms with Crippen LogP contribution in [0.25, 0.3) is 0 Å². The molecule has 0 aromatic heterocycles. The van der Waals surface area contributed by atoms with Crippen molar-refractivity contribution in [2.24, 2.45) is 5.92 Å². The Morgan fingerprint density at radius 3 is 1.40 bits per heavy atom. The summed E-state index contributed by atoms with van der Waals surface area (Å²) in [5.74, 6) is -0.322. The number of Topliss-reactive ketones (excluding diaryl/α,β-unsaturated/α-hetero) is 2. The quantitative estimate of drug-likeness (QED) is 0.0805. The minimum atomic E-state index is -0.891. The van der Waals surface area contributed by atoms with E-state index in [9.17, 15) is 19.2 Å². The Hall–Kier alpha value is -5.24. The van der Waals surface area contributed by atoms with Gasteiger partial charge in [0.1, 0.15) is 0 Å². The van der Waals surface area contributed by atoms with Gasteiger partial charge in [0.15, 0.2) is 46.1 Å². The fourth-order valence-corrected chi connectivity index (χ4v) is 5.07. The fourth-order valence-electron chi connectivity index (χ4n) is 5.07. The summed E-state index contributed by atoms with van der Waals surface area (Å²) >= 11 is 0. The first-order valence-corrected chi connectivity index (χ1v) is 13.8. The SMILES string of the molecule is CCCCCC(C(=O)c1ccc(C(=O)c2ccc3cc2OO3)cc1)C(=O)c1ccc(C(=O)c2ccc3cc2OO3)cc1. The number of ketones is 4. The second-order valence-corrected chi connectivity index (χ2v) is 10.2.